The molecule has 0 aliphatic carbocycles. The second-order valence-corrected chi connectivity index (χ2v) is 9.21. The average Bonchev–Trinajstić information content (AvgIpc) is 2.89. The lowest BCUT2D eigenvalue weighted by Crippen LogP contribution is -2.58. The minimum absolute atomic E-state index is 0.0243. The third kappa shape index (κ3) is 10.8. The van der Waals surface area contributed by atoms with Crippen LogP contribution in [0.15, 0.2) is 48.5 Å². The molecule has 2 rings (SSSR count). The van der Waals surface area contributed by atoms with Gasteiger partial charge in [0.1, 0.15) is 29.6 Å². The van der Waals surface area contributed by atoms with E-state index in [1.165, 1.54) is 36.4 Å². The summed E-state index contributed by atoms with van der Waals surface area (Å²) in [5.74, 6) is -6.44. The van der Waals surface area contributed by atoms with E-state index in [4.69, 9.17) is 17.2 Å². The first-order valence-electron chi connectivity index (χ1n) is 12.3. The normalized spacial score (nSPS) is 13.6. The number of phenols is 2. The summed E-state index contributed by atoms with van der Waals surface area (Å²) < 4.78 is 0. The van der Waals surface area contributed by atoms with Crippen LogP contribution in [0.25, 0.3) is 0 Å². The third-order valence-electron chi connectivity index (χ3n) is 5.80. The summed E-state index contributed by atoms with van der Waals surface area (Å²) in [5.41, 5.74) is 17.4. The van der Waals surface area contributed by atoms with Crippen LogP contribution in [-0.4, -0.2) is 75.0 Å². The van der Waals surface area contributed by atoms with Gasteiger partial charge in [-0.05, 0) is 41.8 Å². The van der Waals surface area contributed by atoms with Gasteiger partial charge in [-0.25, -0.2) is 4.79 Å². The van der Waals surface area contributed by atoms with Crippen LogP contribution in [0, 0.1) is 0 Å². The van der Waals surface area contributed by atoms with Gasteiger partial charge < -0.3 is 48.5 Å². The van der Waals surface area contributed by atoms with Crippen molar-refractivity contribution in [3.8, 4) is 11.5 Å². The fourth-order valence-corrected chi connectivity index (χ4v) is 3.69. The van der Waals surface area contributed by atoms with Crippen molar-refractivity contribution in [2.45, 2.75) is 49.9 Å². The lowest BCUT2D eigenvalue weighted by Gasteiger charge is -2.25. The maximum atomic E-state index is 13.3. The lowest BCUT2D eigenvalue weighted by molar-refractivity contribution is -0.144. The first-order valence-corrected chi connectivity index (χ1v) is 12.3. The van der Waals surface area contributed by atoms with Crippen molar-refractivity contribution in [3.63, 3.8) is 0 Å². The number of nitrogens with two attached hydrogens (primary N) is 3. The van der Waals surface area contributed by atoms with Crippen LogP contribution in [0.1, 0.15) is 24.0 Å². The second-order valence-electron chi connectivity index (χ2n) is 9.21. The van der Waals surface area contributed by atoms with Crippen LogP contribution >= 0.6 is 0 Å². The van der Waals surface area contributed by atoms with E-state index < -0.39 is 72.5 Å². The molecular weight excluding hydrogens is 540 g/mol. The molecule has 15 heteroatoms. The van der Waals surface area contributed by atoms with E-state index in [9.17, 15) is 44.1 Å². The van der Waals surface area contributed by atoms with Gasteiger partial charge in [0.05, 0.1) is 18.9 Å². The molecule has 0 bridgehead atoms. The van der Waals surface area contributed by atoms with Crippen LogP contribution in [0.3, 0.4) is 0 Å². The number of hydrogen-bond donors (Lipinski definition) is 9. The maximum absolute atomic E-state index is 13.3. The highest BCUT2D eigenvalue weighted by Gasteiger charge is 2.32. The molecule has 0 aliphatic rings. The number of amides is 5. The van der Waals surface area contributed by atoms with Crippen molar-refractivity contribution in [2.24, 2.45) is 17.2 Å². The molecule has 2 aromatic rings. The third-order valence-corrected chi connectivity index (χ3v) is 5.80. The van der Waals surface area contributed by atoms with Gasteiger partial charge in [0.15, 0.2) is 0 Å². The molecule has 5 amide bonds. The van der Waals surface area contributed by atoms with Gasteiger partial charge in [-0.1, -0.05) is 24.3 Å². The molecule has 0 heterocycles. The standard InChI is InChI=1S/C26H32N6O9/c27-17(9-13-1-5-15(33)6-2-13)23(37)30-18(10-14-3-7-16(34)8-4-14)24(38)31-19(11-21(28)35)25(39)32-20(26(40)41)12-22(29)36/h1-8,17-20,33-34H,9-12,27H2,(H2,28,35)(H2,29,36)(H,30,37)(H,31,38)(H,32,39)(H,40,41). The van der Waals surface area contributed by atoms with Gasteiger partial charge in [-0.15, -0.1) is 0 Å². The lowest BCUT2D eigenvalue weighted by atomic mass is 10.0. The Bertz CT molecular complexity index is 1270. The first kappa shape index (κ1) is 32.0. The van der Waals surface area contributed by atoms with Crippen molar-refractivity contribution in [1.29, 1.82) is 0 Å². The number of phenolic OH excluding ortho intramolecular Hbond substituents is 2. The first-order chi connectivity index (χ1) is 19.2. The van der Waals surface area contributed by atoms with Crippen molar-refractivity contribution >= 4 is 35.5 Å². The number of benzene rings is 2. The van der Waals surface area contributed by atoms with Gasteiger partial charge in [-0.3, -0.25) is 24.0 Å². The number of aromatic hydroxyl groups is 2. The predicted octanol–water partition coefficient (Wildman–Crippen LogP) is -2.50. The Morgan fingerprint density at radius 2 is 1.00 bits per heavy atom. The van der Waals surface area contributed by atoms with E-state index in [1.54, 1.807) is 12.1 Å². The molecule has 0 aromatic heterocycles. The molecule has 0 saturated carbocycles. The summed E-state index contributed by atoms with van der Waals surface area (Å²) in [6.07, 6.45) is -1.56. The molecule has 4 atom stereocenters. The number of aliphatic carboxylic acids is 1. The van der Waals surface area contributed by atoms with Crippen LogP contribution in [-0.2, 0) is 41.6 Å². The Morgan fingerprint density at radius 3 is 1.46 bits per heavy atom. The van der Waals surface area contributed by atoms with E-state index in [0.717, 1.165) is 0 Å². The SMILES string of the molecule is NC(=O)CC(NC(=O)C(CC(N)=O)NC(=O)C(Cc1ccc(O)cc1)NC(=O)C(N)Cc1ccc(O)cc1)C(=O)O. The number of carboxylic acids is 1. The van der Waals surface area contributed by atoms with Crippen LogP contribution in [0.5, 0.6) is 11.5 Å². The van der Waals surface area contributed by atoms with Gasteiger partial charge in [-0.2, -0.15) is 0 Å². The van der Waals surface area contributed by atoms with Gasteiger partial charge in [0, 0.05) is 6.42 Å². The zero-order valence-corrected chi connectivity index (χ0v) is 21.8. The number of rotatable bonds is 15. The number of carbonyl (C=O) groups is 6. The highest BCUT2D eigenvalue weighted by atomic mass is 16.4. The monoisotopic (exact) mass is 572 g/mol. The maximum Gasteiger partial charge on any atom is 0.326 e. The van der Waals surface area contributed by atoms with Crippen molar-refractivity contribution in [2.75, 3.05) is 0 Å². The Kier molecular flexibility index (Phi) is 11.6. The Balaban J connectivity index is 2.25. The van der Waals surface area contributed by atoms with Crippen molar-refractivity contribution < 1.29 is 44.1 Å². The summed E-state index contributed by atoms with van der Waals surface area (Å²) in [5, 5.41) is 35.1. The molecule has 41 heavy (non-hydrogen) atoms. The summed E-state index contributed by atoms with van der Waals surface area (Å²) in [4.78, 5) is 73.2. The molecular formula is C26H32N6O9. The van der Waals surface area contributed by atoms with Crippen molar-refractivity contribution in [3.05, 3.63) is 59.7 Å². The molecule has 220 valence electrons. The summed E-state index contributed by atoms with van der Waals surface area (Å²) >= 11 is 0. The number of carbonyl (C=O) groups excluding carboxylic acids is 5. The Labute approximate surface area is 234 Å². The zero-order chi connectivity index (χ0) is 30.7. The highest BCUT2D eigenvalue weighted by Crippen LogP contribution is 2.13. The topological polar surface area (TPSA) is 277 Å². The summed E-state index contributed by atoms with van der Waals surface area (Å²) in [6, 6.07) is 5.81. The molecule has 4 unspecified atom stereocenters. The molecule has 0 aliphatic heterocycles. The minimum atomic E-state index is -1.74. The van der Waals surface area contributed by atoms with E-state index >= 15 is 0 Å². The van der Waals surface area contributed by atoms with E-state index in [2.05, 4.69) is 10.6 Å². The number of nitrogens with one attached hydrogen (secondary N) is 3. The Morgan fingerprint density at radius 1 is 0.610 bits per heavy atom. The van der Waals surface area contributed by atoms with Gasteiger partial charge >= 0.3 is 5.97 Å². The fraction of sp³-hybridized carbons (Fsp3) is 0.308. The second kappa shape index (κ2) is 14.8. The fourth-order valence-electron chi connectivity index (χ4n) is 3.69. The summed E-state index contributed by atoms with van der Waals surface area (Å²) in [6.45, 7) is 0. The number of hydrogen-bond acceptors (Lipinski definition) is 9. The zero-order valence-electron chi connectivity index (χ0n) is 21.8. The summed E-state index contributed by atoms with van der Waals surface area (Å²) in [7, 11) is 0. The molecule has 0 spiro atoms. The van der Waals surface area contributed by atoms with Crippen LogP contribution < -0.4 is 33.2 Å². The van der Waals surface area contributed by atoms with E-state index in [0.29, 0.717) is 11.1 Å². The van der Waals surface area contributed by atoms with Gasteiger partial charge in [0.2, 0.25) is 29.5 Å². The Hall–Kier alpha value is -5.18. The molecule has 0 saturated heterocycles. The number of primary amides is 2. The van der Waals surface area contributed by atoms with Crippen LogP contribution in [0.4, 0.5) is 0 Å². The van der Waals surface area contributed by atoms with Crippen LogP contribution in [0.2, 0.25) is 0 Å². The number of carboxylic acid groups (broad SMARTS) is 1. The average molecular weight is 573 g/mol. The molecule has 0 fully saturated rings. The smallest absolute Gasteiger partial charge is 0.326 e. The minimum Gasteiger partial charge on any atom is -0.508 e. The molecule has 15 nitrogen and oxygen atoms in total. The van der Waals surface area contributed by atoms with E-state index in [-0.39, 0.29) is 24.3 Å². The molecule has 12 N–H and O–H groups in total. The van der Waals surface area contributed by atoms with Gasteiger partial charge in [0.25, 0.3) is 0 Å². The predicted molar refractivity (Wildman–Crippen MR) is 143 cm³/mol. The van der Waals surface area contributed by atoms with Crippen molar-refractivity contribution in [1.82, 2.24) is 16.0 Å². The van der Waals surface area contributed by atoms with E-state index in [1.807, 2.05) is 5.32 Å². The molecule has 2 aromatic carbocycles. The molecule has 0 radical (unpaired) electrons. The highest BCUT2D eigenvalue weighted by molar-refractivity contribution is 5.96. The quantitative estimate of drug-likeness (QED) is 0.108. The largest absolute Gasteiger partial charge is 0.508 e.